The van der Waals surface area contributed by atoms with Gasteiger partial charge in [0, 0.05) is 12.8 Å². The molecule has 3 heteroatoms. The standard InChI is InChI=1S/C18H21NO2/c1-2-3-9-17(20)21-16-10-12-18(14-19,13-11-16)15-7-5-4-6-8-15/h4-8,10H,2-3,9,11-13H2,1H3/t18-/m1/s1. The predicted octanol–water partition coefficient (Wildman–Crippen LogP) is 4.25. The summed E-state index contributed by atoms with van der Waals surface area (Å²) < 4.78 is 5.38. The third kappa shape index (κ3) is 3.72. The molecule has 0 spiro atoms. The van der Waals surface area contributed by atoms with Crippen molar-refractivity contribution in [1.29, 1.82) is 5.26 Å². The first-order chi connectivity index (χ1) is 10.2. The maximum absolute atomic E-state index is 11.6. The van der Waals surface area contributed by atoms with Gasteiger partial charge in [0.05, 0.1) is 11.5 Å². The van der Waals surface area contributed by atoms with Gasteiger partial charge in [-0.15, -0.1) is 0 Å². The predicted molar refractivity (Wildman–Crippen MR) is 81.3 cm³/mol. The van der Waals surface area contributed by atoms with Gasteiger partial charge in [-0.3, -0.25) is 4.79 Å². The first-order valence-corrected chi connectivity index (χ1v) is 7.56. The maximum atomic E-state index is 11.6. The fraction of sp³-hybridized carbons (Fsp3) is 0.444. The van der Waals surface area contributed by atoms with Crippen molar-refractivity contribution in [2.24, 2.45) is 0 Å². The van der Waals surface area contributed by atoms with Crippen LogP contribution in [0.1, 0.15) is 51.0 Å². The Kier molecular flexibility index (Phi) is 5.16. The molecule has 110 valence electrons. The highest BCUT2D eigenvalue weighted by Crippen LogP contribution is 2.38. The molecule has 0 heterocycles. The average Bonchev–Trinajstić information content (AvgIpc) is 2.55. The van der Waals surface area contributed by atoms with Crippen molar-refractivity contribution < 1.29 is 9.53 Å². The monoisotopic (exact) mass is 283 g/mol. The van der Waals surface area contributed by atoms with E-state index in [4.69, 9.17) is 4.74 Å². The quantitative estimate of drug-likeness (QED) is 0.759. The number of carbonyl (C=O) groups excluding carboxylic acids is 1. The van der Waals surface area contributed by atoms with Gasteiger partial charge in [0.1, 0.15) is 5.76 Å². The second-order valence-electron chi connectivity index (χ2n) is 5.51. The SMILES string of the molecule is CCCCC(=O)OC1=CC[C@@](C#N)(c2ccccc2)CC1. The summed E-state index contributed by atoms with van der Waals surface area (Å²) in [6, 6.07) is 12.3. The molecule has 0 saturated carbocycles. The Labute approximate surface area is 126 Å². The molecule has 0 bridgehead atoms. The number of unbranched alkanes of at least 4 members (excludes halogenated alkanes) is 1. The van der Waals surface area contributed by atoms with Crippen LogP contribution in [-0.4, -0.2) is 5.97 Å². The highest BCUT2D eigenvalue weighted by atomic mass is 16.5. The summed E-state index contributed by atoms with van der Waals surface area (Å²) in [5.74, 6) is 0.560. The van der Waals surface area contributed by atoms with E-state index in [-0.39, 0.29) is 5.97 Å². The highest BCUT2D eigenvalue weighted by Gasteiger charge is 2.34. The minimum Gasteiger partial charge on any atom is -0.431 e. The van der Waals surface area contributed by atoms with Crippen molar-refractivity contribution >= 4 is 5.97 Å². The molecule has 1 aromatic carbocycles. The summed E-state index contributed by atoms with van der Waals surface area (Å²) >= 11 is 0. The molecule has 21 heavy (non-hydrogen) atoms. The van der Waals surface area contributed by atoms with Crippen LogP contribution in [0.5, 0.6) is 0 Å². The lowest BCUT2D eigenvalue weighted by atomic mass is 9.72. The molecule has 1 aromatic rings. The Bertz CT molecular complexity index is 556. The van der Waals surface area contributed by atoms with Gasteiger partial charge < -0.3 is 4.74 Å². The molecule has 1 aliphatic rings. The number of ether oxygens (including phenoxy) is 1. The lowest BCUT2D eigenvalue weighted by molar-refractivity contribution is -0.140. The van der Waals surface area contributed by atoms with Crippen LogP contribution in [-0.2, 0) is 14.9 Å². The molecule has 0 N–H and O–H groups in total. The van der Waals surface area contributed by atoms with Crippen molar-refractivity contribution in [3.8, 4) is 6.07 Å². The van der Waals surface area contributed by atoms with Crippen molar-refractivity contribution in [2.75, 3.05) is 0 Å². The van der Waals surface area contributed by atoms with Crippen molar-refractivity contribution in [1.82, 2.24) is 0 Å². The highest BCUT2D eigenvalue weighted by molar-refractivity contribution is 5.70. The molecular formula is C18H21NO2. The van der Waals surface area contributed by atoms with Gasteiger partial charge in [-0.05, 0) is 30.9 Å². The average molecular weight is 283 g/mol. The maximum Gasteiger partial charge on any atom is 0.310 e. The largest absolute Gasteiger partial charge is 0.431 e. The number of hydrogen-bond acceptors (Lipinski definition) is 3. The van der Waals surface area contributed by atoms with Crippen molar-refractivity contribution in [3.63, 3.8) is 0 Å². The fourth-order valence-electron chi connectivity index (χ4n) is 2.63. The number of nitrogens with zero attached hydrogens (tertiary/aromatic N) is 1. The van der Waals surface area contributed by atoms with Crippen LogP contribution in [0.15, 0.2) is 42.2 Å². The number of rotatable bonds is 5. The summed E-state index contributed by atoms with van der Waals surface area (Å²) in [5, 5.41) is 9.59. The Morgan fingerprint density at radius 2 is 2.14 bits per heavy atom. The Morgan fingerprint density at radius 1 is 1.38 bits per heavy atom. The topological polar surface area (TPSA) is 50.1 Å². The molecule has 0 saturated heterocycles. The number of allylic oxidation sites excluding steroid dienone is 2. The Morgan fingerprint density at radius 3 is 2.71 bits per heavy atom. The van der Waals surface area contributed by atoms with Gasteiger partial charge in [-0.25, -0.2) is 0 Å². The van der Waals surface area contributed by atoms with E-state index < -0.39 is 5.41 Å². The zero-order chi connectivity index (χ0) is 15.1. The third-order valence-electron chi connectivity index (χ3n) is 4.00. The normalized spacial score (nSPS) is 21.2. The summed E-state index contributed by atoms with van der Waals surface area (Å²) in [6.07, 6.45) is 6.15. The van der Waals surface area contributed by atoms with Gasteiger partial charge >= 0.3 is 5.97 Å². The summed E-state index contributed by atoms with van der Waals surface area (Å²) in [4.78, 5) is 11.6. The van der Waals surface area contributed by atoms with Gasteiger partial charge in [0.25, 0.3) is 0 Å². The Balaban J connectivity index is 2.03. The van der Waals surface area contributed by atoms with Gasteiger partial charge in [-0.2, -0.15) is 5.26 Å². The zero-order valence-corrected chi connectivity index (χ0v) is 12.5. The molecule has 2 rings (SSSR count). The van der Waals surface area contributed by atoms with Crippen molar-refractivity contribution in [2.45, 2.75) is 50.9 Å². The molecule has 0 aliphatic heterocycles. The van der Waals surface area contributed by atoms with E-state index in [0.717, 1.165) is 24.2 Å². The summed E-state index contributed by atoms with van der Waals surface area (Å²) in [6.45, 7) is 2.05. The van der Waals surface area contributed by atoms with Crippen LogP contribution in [0, 0.1) is 11.3 Å². The number of hydrogen-bond donors (Lipinski definition) is 0. The molecule has 0 amide bonds. The van der Waals surface area contributed by atoms with E-state index in [9.17, 15) is 10.1 Å². The fourth-order valence-corrected chi connectivity index (χ4v) is 2.63. The summed E-state index contributed by atoms with van der Waals surface area (Å²) in [7, 11) is 0. The number of carbonyl (C=O) groups is 1. The molecule has 1 aliphatic carbocycles. The van der Waals surface area contributed by atoms with Gasteiger partial charge in [0.2, 0.25) is 0 Å². The second kappa shape index (κ2) is 7.08. The molecular weight excluding hydrogens is 262 g/mol. The Hall–Kier alpha value is -2.08. The van der Waals surface area contributed by atoms with E-state index in [2.05, 4.69) is 6.07 Å². The van der Waals surface area contributed by atoms with E-state index in [1.54, 1.807) is 0 Å². The first kappa shape index (κ1) is 15.3. The molecule has 1 atom stereocenters. The number of nitriles is 1. The van der Waals surface area contributed by atoms with E-state index in [1.807, 2.05) is 43.3 Å². The molecule has 0 fully saturated rings. The van der Waals surface area contributed by atoms with Gasteiger partial charge in [0.15, 0.2) is 0 Å². The van der Waals surface area contributed by atoms with E-state index in [1.165, 1.54) is 0 Å². The third-order valence-corrected chi connectivity index (χ3v) is 4.00. The van der Waals surface area contributed by atoms with Crippen LogP contribution >= 0.6 is 0 Å². The number of esters is 1. The van der Waals surface area contributed by atoms with Crippen LogP contribution in [0.3, 0.4) is 0 Å². The first-order valence-electron chi connectivity index (χ1n) is 7.56. The lowest BCUT2D eigenvalue weighted by Gasteiger charge is -2.30. The van der Waals surface area contributed by atoms with E-state index >= 15 is 0 Å². The smallest absolute Gasteiger partial charge is 0.310 e. The second-order valence-corrected chi connectivity index (χ2v) is 5.51. The zero-order valence-electron chi connectivity index (χ0n) is 12.5. The minimum absolute atomic E-state index is 0.160. The van der Waals surface area contributed by atoms with Crippen LogP contribution in [0.2, 0.25) is 0 Å². The summed E-state index contributed by atoms with van der Waals surface area (Å²) in [5.41, 5.74) is 0.556. The van der Waals surface area contributed by atoms with Crippen LogP contribution in [0.4, 0.5) is 0 Å². The number of benzene rings is 1. The van der Waals surface area contributed by atoms with E-state index in [0.29, 0.717) is 25.7 Å². The van der Waals surface area contributed by atoms with Crippen LogP contribution < -0.4 is 0 Å². The van der Waals surface area contributed by atoms with Crippen molar-refractivity contribution in [3.05, 3.63) is 47.7 Å². The molecule has 0 radical (unpaired) electrons. The molecule has 0 aromatic heterocycles. The molecule has 3 nitrogen and oxygen atoms in total. The lowest BCUT2D eigenvalue weighted by Crippen LogP contribution is -2.27. The molecule has 0 unspecified atom stereocenters. The van der Waals surface area contributed by atoms with Crippen LogP contribution in [0.25, 0.3) is 0 Å². The van der Waals surface area contributed by atoms with Gasteiger partial charge in [-0.1, -0.05) is 43.7 Å². The minimum atomic E-state index is -0.486.